The van der Waals surface area contributed by atoms with Crippen LogP contribution in [-0.4, -0.2) is 49.5 Å². The highest BCUT2D eigenvalue weighted by molar-refractivity contribution is 7.98. The Labute approximate surface area is 113 Å². The van der Waals surface area contributed by atoms with E-state index in [0.29, 0.717) is 6.61 Å². The molecule has 0 saturated heterocycles. The van der Waals surface area contributed by atoms with Crippen LogP contribution in [0.2, 0.25) is 0 Å². The van der Waals surface area contributed by atoms with Gasteiger partial charge in [0.25, 0.3) is 0 Å². The van der Waals surface area contributed by atoms with Crippen LogP contribution in [0.15, 0.2) is 24.3 Å². The molecule has 0 aliphatic heterocycles. The van der Waals surface area contributed by atoms with Crippen molar-refractivity contribution in [2.24, 2.45) is 5.73 Å². The molecule has 0 aliphatic rings. The number of nitrogen functional groups attached to an aromatic ring is 1. The van der Waals surface area contributed by atoms with Crippen LogP contribution in [-0.2, 0) is 0 Å². The lowest BCUT2D eigenvalue weighted by atomic mass is 10.2. The molecule has 0 saturated carbocycles. The molecule has 0 amide bonds. The molecule has 0 aliphatic carbocycles. The monoisotopic (exact) mass is 267 g/mol. The molecule has 1 aromatic rings. The average molecular weight is 267 g/mol. The van der Waals surface area contributed by atoms with E-state index >= 15 is 0 Å². The van der Waals surface area contributed by atoms with E-state index in [2.05, 4.69) is 18.2 Å². The Bertz CT molecular complexity index is 367. The molecule has 0 heterocycles. The van der Waals surface area contributed by atoms with Gasteiger partial charge in [-0.3, -0.25) is 5.41 Å². The minimum atomic E-state index is 0.0818. The molecule has 5 heteroatoms. The van der Waals surface area contributed by atoms with Crippen LogP contribution in [0, 0.1) is 5.41 Å². The van der Waals surface area contributed by atoms with Gasteiger partial charge >= 0.3 is 0 Å². The van der Waals surface area contributed by atoms with Gasteiger partial charge in [0.05, 0.1) is 0 Å². The number of nitrogens with zero attached hydrogens (tertiary/aromatic N) is 1. The van der Waals surface area contributed by atoms with Gasteiger partial charge < -0.3 is 15.4 Å². The van der Waals surface area contributed by atoms with E-state index in [1.807, 2.05) is 23.9 Å². The second kappa shape index (κ2) is 8.00. The highest BCUT2D eigenvalue weighted by Gasteiger charge is 2.00. The molecule has 0 bridgehead atoms. The van der Waals surface area contributed by atoms with Gasteiger partial charge in [-0.05, 0) is 37.6 Å². The molecule has 1 rings (SSSR count). The molecule has 1 aromatic carbocycles. The van der Waals surface area contributed by atoms with Gasteiger partial charge in [0.1, 0.15) is 18.2 Å². The Morgan fingerprint density at radius 3 is 2.56 bits per heavy atom. The summed E-state index contributed by atoms with van der Waals surface area (Å²) in [5.74, 6) is 2.04. The predicted molar refractivity (Wildman–Crippen MR) is 78.8 cm³/mol. The fourth-order valence-corrected chi connectivity index (χ4v) is 1.90. The number of benzene rings is 1. The average Bonchev–Trinajstić information content (AvgIpc) is 2.37. The highest BCUT2D eigenvalue weighted by atomic mass is 32.2. The molecule has 0 fully saturated rings. The van der Waals surface area contributed by atoms with Gasteiger partial charge in [-0.2, -0.15) is 11.8 Å². The molecular formula is C13H21N3OS. The summed E-state index contributed by atoms with van der Waals surface area (Å²) in [5, 5.41) is 7.29. The summed E-state index contributed by atoms with van der Waals surface area (Å²) in [7, 11) is 2.10. The van der Waals surface area contributed by atoms with Crippen LogP contribution in [0.3, 0.4) is 0 Å². The van der Waals surface area contributed by atoms with E-state index in [-0.39, 0.29) is 5.84 Å². The number of hydrogen-bond donors (Lipinski definition) is 2. The van der Waals surface area contributed by atoms with Crippen molar-refractivity contribution >= 4 is 17.6 Å². The number of nitrogens with one attached hydrogen (secondary N) is 1. The first-order valence-corrected chi connectivity index (χ1v) is 7.27. The van der Waals surface area contributed by atoms with E-state index in [0.717, 1.165) is 30.2 Å². The summed E-state index contributed by atoms with van der Waals surface area (Å²) in [6.45, 7) is 2.66. The lowest BCUT2D eigenvalue weighted by Gasteiger charge is -2.16. The first kappa shape index (κ1) is 14.9. The molecule has 0 atom stereocenters. The summed E-state index contributed by atoms with van der Waals surface area (Å²) in [6.07, 6.45) is 2.11. The first-order chi connectivity index (χ1) is 8.63. The molecule has 18 heavy (non-hydrogen) atoms. The Morgan fingerprint density at radius 1 is 1.33 bits per heavy atom. The maximum absolute atomic E-state index is 7.29. The van der Waals surface area contributed by atoms with Crippen LogP contribution in [0.1, 0.15) is 5.56 Å². The maximum Gasteiger partial charge on any atom is 0.122 e. The van der Waals surface area contributed by atoms with Crippen LogP contribution in [0.4, 0.5) is 0 Å². The minimum absolute atomic E-state index is 0.0818. The van der Waals surface area contributed by atoms with Crippen LogP contribution < -0.4 is 10.5 Å². The standard InChI is InChI=1S/C13H21N3OS/c1-16(8-10-18-2)7-9-17-12-5-3-11(4-6-12)13(14)15/h3-6H,7-10H2,1-2H3,(H3,14,15). The Kier molecular flexibility index (Phi) is 6.60. The van der Waals surface area contributed by atoms with Crippen molar-refractivity contribution in [3.8, 4) is 5.75 Å². The predicted octanol–water partition coefficient (Wildman–Crippen LogP) is 1.64. The third-order valence-electron chi connectivity index (χ3n) is 2.58. The van der Waals surface area contributed by atoms with Crippen molar-refractivity contribution in [1.82, 2.24) is 4.90 Å². The summed E-state index contributed by atoms with van der Waals surface area (Å²) < 4.78 is 5.63. The lowest BCUT2D eigenvalue weighted by molar-refractivity contribution is 0.245. The highest BCUT2D eigenvalue weighted by Crippen LogP contribution is 2.11. The fourth-order valence-electron chi connectivity index (χ4n) is 1.41. The van der Waals surface area contributed by atoms with Crippen molar-refractivity contribution in [3.05, 3.63) is 29.8 Å². The van der Waals surface area contributed by atoms with E-state index < -0.39 is 0 Å². The normalized spacial score (nSPS) is 10.6. The van der Waals surface area contributed by atoms with Crippen molar-refractivity contribution < 1.29 is 4.74 Å². The summed E-state index contributed by atoms with van der Waals surface area (Å²) in [6, 6.07) is 7.29. The van der Waals surface area contributed by atoms with E-state index in [4.69, 9.17) is 15.9 Å². The zero-order valence-corrected chi connectivity index (χ0v) is 11.8. The molecule has 0 unspecified atom stereocenters. The fraction of sp³-hybridized carbons (Fsp3) is 0.462. The molecule has 0 radical (unpaired) electrons. The molecular weight excluding hydrogens is 246 g/mol. The number of hydrogen-bond acceptors (Lipinski definition) is 4. The number of nitrogens with two attached hydrogens (primary N) is 1. The van der Waals surface area contributed by atoms with Crippen LogP contribution >= 0.6 is 11.8 Å². The third-order valence-corrected chi connectivity index (χ3v) is 3.18. The van der Waals surface area contributed by atoms with Crippen LogP contribution in [0.25, 0.3) is 0 Å². The zero-order chi connectivity index (χ0) is 13.4. The Morgan fingerprint density at radius 2 is 2.00 bits per heavy atom. The quantitative estimate of drug-likeness (QED) is 0.555. The zero-order valence-electron chi connectivity index (χ0n) is 11.0. The number of amidine groups is 1. The largest absolute Gasteiger partial charge is 0.492 e. The van der Waals surface area contributed by atoms with Crippen molar-refractivity contribution in [2.75, 3.05) is 38.8 Å². The van der Waals surface area contributed by atoms with Gasteiger partial charge in [0, 0.05) is 24.4 Å². The molecule has 100 valence electrons. The maximum atomic E-state index is 7.29. The summed E-state index contributed by atoms with van der Waals surface area (Å²) in [4.78, 5) is 2.25. The molecule has 0 spiro atoms. The van der Waals surface area contributed by atoms with Crippen LogP contribution in [0.5, 0.6) is 5.75 Å². The van der Waals surface area contributed by atoms with Gasteiger partial charge in [0.15, 0.2) is 0 Å². The first-order valence-electron chi connectivity index (χ1n) is 5.88. The minimum Gasteiger partial charge on any atom is -0.492 e. The number of likely N-dealkylation sites (N-methyl/N-ethyl adjacent to an activating group) is 1. The van der Waals surface area contributed by atoms with Crippen molar-refractivity contribution in [1.29, 1.82) is 5.41 Å². The molecule has 4 nitrogen and oxygen atoms in total. The molecule has 0 aromatic heterocycles. The van der Waals surface area contributed by atoms with Gasteiger partial charge in [-0.1, -0.05) is 0 Å². The summed E-state index contributed by atoms with van der Waals surface area (Å²) >= 11 is 1.85. The second-order valence-electron chi connectivity index (χ2n) is 4.08. The topological polar surface area (TPSA) is 62.3 Å². The van der Waals surface area contributed by atoms with E-state index in [1.54, 1.807) is 12.1 Å². The third kappa shape index (κ3) is 5.42. The van der Waals surface area contributed by atoms with Gasteiger partial charge in [-0.25, -0.2) is 0 Å². The smallest absolute Gasteiger partial charge is 0.122 e. The summed E-state index contributed by atoms with van der Waals surface area (Å²) in [5.41, 5.74) is 6.11. The van der Waals surface area contributed by atoms with E-state index in [9.17, 15) is 0 Å². The SMILES string of the molecule is CSCCN(C)CCOc1ccc(C(=N)N)cc1. The van der Waals surface area contributed by atoms with Crippen molar-refractivity contribution in [3.63, 3.8) is 0 Å². The Hall–Kier alpha value is -1.20. The van der Waals surface area contributed by atoms with Crippen molar-refractivity contribution in [2.45, 2.75) is 0 Å². The second-order valence-corrected chi connectivity index (χ2v) is 5.07. The number of thioether (sulfide) groups is 1. The number of ether oxygens (including phenoxy) is 1. The number of rotatable bonds is 8. The van der Waals surface area contributed by atoms with E-state index in [1.165, 1.54) is 0 Å². The van der Waals surface area contributed by atoms with Gasteiger partial charge in [-0.15, -0.1) is 0 Å². The lowest BCUT2D eigenvalue weighted by Crippen LogP contribution is -2.26. The Balaban J connectivity index is 2.29. The molecule has 3 N–H and O–H groups in total. The van der Waals surface area contributed by atoms with Gasteiger partial charge in [0.2, 0.25) is 0 Å².